The van der Waals surface area contributed by atoms with E-state index in [1.165, 1.54) is 18.2 Å². The molecule has 0 heterocycles. The molecule has 1 rings (SSSR count). The summed E-state index contributed by atoms with van der Waals surface area (Å²) in [5, 5.41) is 11.5. The first-order valence-corrected chi connectivity index (χ1v) is 7.01. The van der Waals surface area contributed by atoms with Crippen LogP contribution in [0.25, 0.3) is 0 Å². The maximum Gasteiger partial charge on any atom is 0.240 e. The smallest absolute Gasteiger partial charge is 0.240 e. The van der Waals surface area contributed by atoms with Gasteiger partial charge >= 0.3 is 0 Å². The second-order valence-corrected chi connectivity index (χ2v) is 5.98. The predicted octanol–water partition coefficient (Wildman–Crippen LogP) is 1.41. The van der Waals surface area contributed by atoms with Gasteiger partial charge in [0.2, 0.25) is 10.0 Å². The Balaban J connectivity index is 2.80. The second-order valence-electron chi connectivity index (χ2n) is 3.34. The fourth-order valence-corrected chi connectivity index (χ4v) is 2.89. The van der Waals surface area contributed by atoms with Gasteiger partial charge in [0.15, 0.2) is 0 Å². The van der Waals surface area contributed by atoms with E-state index in [-0.39, 0.29) is 33.7 Å². The van der Waals surface area contributed by atoms with Gasteiger partial charge in [0.25, 0.3) is 0 Å². The minimum Gasteiger partial charge on any atom is -0.409 e. The van der Waals surface area contributed by atoms with E-state index >= 15 is 0 Å². The Kier molecular flexibility index (Phi) is 5.21. The van der Waals surface area contributed by atoms with Crippen LogP contribution in [0, 0.1) is 0 Å². The summed E-state index contributed by atoms with van der Waals surface area (Å²) in [5.74, 6) is -0.0678. The molecule has 0 spiro atoms. The van der Waals surface area contributed by atoms with Crippen LogP contribution in [0.4, 0.5) is 0 Å². The Labute approximate surface area is 114 Å². The first kappa shape index (κ1) is 15.0. The van der Waals surface area contributed by atoms with Gasteiger partial charge in [-0.05, 0) is 18.2 Å². The lowest BCUT2D eigenvalue weighted by atomic mass is 10.4. The SMILES string of the molecule is NC(CCNS(=O)(=O)c1cc(Cl)cc(Cl)c1)=NO. The molecular formula is C9H11Cl2N3O3S. The van der Waals surface area contributed by atoms with Gasteiger partial charge in [0.1, 0.15) is 5.84 Å². The number of hydrogen-bond acceptors (Lipinski definition) is 4. The molecule has 0 amide bonds. The zero-order valence-corrected chi connectivity index (χ0v) is 11.4. The molecule has 1 aromatic carbocycles. The number of halogens is 2. The number of rotatable bonds is 5. The minimum atomic E-state index is -3.72. The summed E-state index contributed by atoms with van der Waals surface area (Å²) < 4.78 is 25.9. The van der Waals surface area contributed by atoms with Gasteiger partial charge in [0.05, 0.1) is 4.90 Å². The van der Waals surface area contributed by atoms with Gasteiger partial charge in [0, 0.05) is 23.0 Å². The molecule has 9 heteroatoms. The Hall–Kier alpha value is -1.02. The monoisotopic (exact) mass is 311 g/mol. The lowest BCUT2D eigenvalue weighted by molar-refractivity contribution is 0.317. The van der Waals surface area contributed by atoms with Crippen molar-refractivity contribution in [1.29, 1.82) is 0 Å². The summed E-state index contributed by atoms with van der Waals surface area (Å²) in [7, 11) is -3.72. The Bertz CT molecular complexity index is 540. The van der Waals surface area contributed by atoms with Crippen molar-refractivity contribution in [1.82, 2.24) is 4.72 Å². The van der Waals surface area contributed by atoms with Crippen molar-refractivity contribution in [3.8, 4) is 0 Å². The normalized spacial score (nSPS) is 12.7. The first-order chi connectivity index (χ1) is 8.35. The fourth-order valence-electron chi connectivity index (χ4n) is 1.13. The van der Waals surface area contributed by atoms with Crippen LogP contribution in [-0.4, -0.2) is 26.0 Å². The number of benzene rings is 1. The number of amidine groups is 1. The van der Waals surface area contributed by atoms with Gasteiger partial charge in [-0.15, -0.1) is 0 Å². The molecule has 6 nitrogen and oxygen atoms in total. The topological polar surface area (TPSA) is 105 Å². The van der Waals surface area contributed by atoms with Crippen LogP contribution in [0.1, 0.15) is 6.42 Å². The summed E-state index contributed by atoms with van der Waals surface area (Å²) in [4.78, 5) is -0.0421. The van der Waals surface area contributed by atoms with Gasteiger partial charge in [-0.2, -0.15) is 0 Å². The molecule has 0 aliphatic carbocycles. The van der Waals surface area contributed by atoms with E-state index in [4.69, 9.17) is 34.1 Å². The largest absolute Gasteiger partial charge is 0.409 e. The van der Waals surface area contributed by atoms with Gasteiger partial charge in [-0.1, -0.05) is 28.4 Å². The lowest BCUT2D eigenvalue weighted by Crippen LogP contribution is -2.28. The van der Waals surface area contributed by atoms with Crippen LogP contribution in [-0.2, 0) is 10.0 Å². The number of hydrogen-bond donors (Lipinski definition) is 3. The molecule has 1 aromatic rings. The molecule has 0 saturated carbocycles. The third-order valence-electron chi connectivity index (χ3n) is 1.95. The average Bonchev–Trinajstić information content (AvgIpc) is 2.27. The number of nitrogens with two attached hydrogens (primary N) is 1. The maximum absolute atomic E-state index is 11.8. The van der Waals surface area contributed by atoms with E-state index < -0.39 is 10.0 Å². The van der Waals surface area contributed by atoms with Crippen molar-refractivity contribution < 1.29 is 13.6 Å². The molecule has 0 fully saturated rings. The van der Waals surface area contributed by atoms with E-state index in [1.807, 2.05) is 0 Å². The first-order valence-electron chi connectivity index (χ1n) is 4.77. The van der Waals surface area contributed by atoms with E-state index in [0.29, 0.717) is 0 Å². The van der Waals surface area contributed by atoms with E-state index in [2.05, 4.69) is 9.88 Å². The van der Waals surface area contributed by atoms with Crippen LogP contribution in [0.3, 0.4) is 0 Å². The minimum absolute atomic E-state index is 0.00234. The van der Waals surface area contributed by atoms with E-state index in [0.717, 1.165) is 0 Å². The van der Waals surface area contributed by atoms with Crippen LogP contribution in [0.15, 0.2) is 28.3 Å². The molecule has 0 radical (unpaired) electrons. The third-order valence-corrected chi connectivity index (χ3v) is 3.82. The molecule has 0 aromatic heterocycles. The van der Waals surface area contributed by atoms with Crippen LogP contribution in [0.2, 0.25) is 10.0 Å². The second kappa shape index (κ2) is 6.24. The van der Waals surface area contributed by atoms with E-state index in [1.54, 1.807) is 0 Å². The highest BCUT2D eigenvalue weighted by Gasteiger charge is 2.15. The Morgan fingerprint density at radius 1 is 1.33 bits per heavy atom. The quantitative estimate of drug-likeness (QED) is 0.331. The molecule has 0 atom stereocenters. The summed E-state index contributed by atoms with van der Waals surface area (Å²) in [6.07, 6.45) is 0.0873. The van der Waals surface area contributed by atoms with Crippen molar-refractivity contribution in [2.24, 2.45) is 10.9 Å². The number of nitrogens with one attached hydrogen (secondary N) is 1. The highest BCUT2D eigenvalue weighted by atomic mass is 35.5. The zero-order chi connectivity index (χ0) is 13.8. The molecule has 0 aliphatic heterocycles. The summed E-state index contributed by atoms with van der Waals surface area (Å²) in [6.45, 7) is 0.00234. The highest BCUT2D eigenvalue weighted by Crippen LogP contribution is 2.22. The molecule has 0 aliphatic rings. The Morgan fingerprint density at radius 3 is 2.39 bits per heavy atom. The molecule has 0 bridgehead atoms. The van der Waals surface area contributed by atoms with Crippen molar-refractivity contribution in [3.63, 3.8) is 0 Å². The number of oxime groups is 1. The van der Waals surface area contributed by atoms with Crippen molar-refractivity contribution in [3.05, 3.63) is 28.2 Å². The predicted molar refractivity (Wildman–Crippen MR) is 69.7 cm³/mol. The summed E-state index contributed by atoms with van der Waals surface area (Å²) in [6, 6.07) is 3.98. The van der Waals surface area contributed by atoms with Gasteiger partial charge < -0.3 is 10.9 Å². The van der Waals surface area contributed by atoms with Crippen LogP contribution in [0.5, 0.6) is 0 Å². The molecule has 18 heavy (non-hydrogen) atoms. The van der Waals surface area contributed by atoms with E-state index in [9.17, 15) is 8.42 Å². The molecule has 0 unspecified atom stereocenters. The Morgan fingerprint density at radius 2 is 1.89 bits per heavy atom. The maximum atomic E-state index is 11.8. The number of sulfonamides is 1. The molecule has 0 saturated heterocycles. The van der Waals surface area contributed by atoms with Crippen LogP contribution >= 0.6 is 23.2 Å². The molecule has 4 N–H and O–H groups in total. The molecule has 100 valence electrons. The highest BCUT2D eigenvalue weighted by molar-refractivity contribution is 7.89. The lowest BCUT2D eigenvalue weighted by Gasteiger charge is -2.07. The zero-order valence-electron chi connectivity index (χ0n) is 9.10. The molecular weight excluding hydrogens is 301 g/mol. The van der Waals surface area contributed by atoms with Gasteiger partial charge in [-0.3, -0.25) is 0 Å². The van der Waals surface area contributed by atoms with Crippen molar-refractivity contribution in [2.45, 2.75) is 11.3 Å². The van der Waals surface area contributed by atoms with Gasteiger partial charge in [-0.25, -0.2) is 13.1 Å². The van der Waals surface area contributed by atoms with Crippen molar-refractivity contribution >= 4 is 39.1 Å². The fraction of sp³-hybridized carbons (Fsp3) is 0.222. The summed E-state index contributed by atoms with van der Waals surface area (Å²) in [5.41, 5.74) is 5.21. The standard InChI is InChI=1S/C9H11Cl2N3O3S/c10-6-3-7(11)5-8(4-6)18(16,17)13-2-1-9(12)14-15/h3-5,13,15H,1-2H2,(H2,12,14). The summed E-state index contributed by atoms with van der Waals surface area (Å²) >= 11 is 11.4. The van der Waals surface area contributed by atoms with Crippen molar-refractivity contribution in [2.75, 3.05) is 6.54 Å². The van der Waals surface area contributed by atoms with Crippen LogP contribution < -0.4 is 10.5 Å². The average molecular weight is 312 g/mol. The third kappa shape index (κ3) is 4.34. The number of nitrogens with zero attached hydrogens (tertiary/aromatic N) is 1.